The predicted molar refractivity (Wildman–Crippen MR) is 107 cm³/mol. The minimum atomic E-state index is -0.449. The molecule has 3 aromatic rings. The summed E-state index contributed by atoms with van der Waals surface area (Å²) in [6.45, 7) is 1.13. The van der Waals surface area contributed by atoms with Gasteiger partial charge in [-0.05, 0) is 11.4 Å². The predicted octanol–water partition coefficient (Wildman–Crippen LogP) is 3.07. The van der Waals surface area contributed by atoms with Gasteiger partial charge in [-0.2, -0.15) is 0 Å². The van der Waals surface area contributed by atoms with Crippen molar-refractivity contribution >= 4 is 34.7 Å². The number of carbonyl (C=O) groups excluding carboxylic acids is 2. The maximum Gasteiger partial charge on any atom is 0.350 e. The number of carbonyl (C=O) groups is 2. The third-order valence-electron chi connectivity index (χ3n) is 4.59. The smallest absolute Gasteiger partial charge is 0.350 e. The number of methoxy groups -OCH3 is 1. The van der Waals surface area contributed by atoms with E-state index in [4.69, 9.17) is 4.74 Å². The fraction of sp³-hybridized carbons (Fsp3) is 0.200. The van der Waals surface area contributed by atoms with Gasteiger partial charge in [0.15, 0.2) is 0 Å². The molecule has 3 heterocycles. The first-order valence-electron chi connectivity index (χ1n) is 8.75. The summed E-state index contributed by atoms with van der Waals surface area (Å²) in [7, 11) is 1.32. The van der Waals surface area contributed by atoms with Crippen LogP contribution in [0.15, 0.2) is 54.2 Å². The first-order chi connectivity index (χ1) is 13.7. The Labute approximate surface area is 166 Å². The van der Waals surface area contributed by atoms with E-state index >= 15 is 0 Å². The molecule has 1 saturated heterocycles. The molecule has 2 aromatic heterocycles. The maximum atomic E-state index is 12.5. The van der Waals surface area contributed by atoms with Crippen LogP contribution in [0.25, 0.3) is 11.3 Å². The molecule has 1 aliphatic rings. The molecule has 8 heteroatoms. The summed E-state index contributed by atoms with van der Waals surface area (Å²) < 4.78 is 4.74. The lowest BCUT2D eigenvalue weighted by Crippen LogP contribution is -2.52. The molecule has 0 aliphatic carbocycles. The summed E-state index contributed by atoms with van der Waals surface area (Å²) in [4.78, 5) is 35.3. The van der Waals surface area contributed by atoms with Crippen LogP contribution in [0.2, 0.25) is 0 Å². The van der Waals surface area contributed by atoms with Gasteiger partial charge in [-0.1, -0.05) is 30.3 Å². The number of benzene rings is 1. The molecular weight excluding hydrogens is 376 g/mol. The van der Waals surface area contributed by atoms with Crippen LogP contribution in [0.5, 0.6) is 0 Å². The third kappa shape index (κ3) is 3.59. The molecule has 7 nitrogen and oxygen atoms in total. The number of nitrogens with zero attached hydrogens (tertiary/aromatic N) is 3. The number of ether oxygens (including phenoxy) is 1. The zero-order valence-corrected chi connectivity index (χ0v) is 16.0. The van der Waals surface area contributed by atoms with Crippen molar-refractivity contribution < 1.29 is 14.3 Å². The van der Waals surface area contributed by atoms with Gasteiger partial charge in [0.2, 0.25) is 5.91 Å². The zero-order chi connectivity index (χ0) is 19.5. The van der Waals surface area contributed by atoms with E-state index in [0.717, 1.165) is 17.1 Å². The molecule has 1 fully saturated rings. The number of thiophene rings is 1. The lowest BCUT2D eigenvalue weighted by Gasteiger charge is -2.39. The van der Waals surface area contributed by atoms with Crippen LogP contribution >= 0.6 is 11.3 Å². The Morgan fingerprint density at radius 1 is 1.18 bits per heavy atom. The lowest BCUT2D eigenvalue weighted by atomic mass is 9.99. The topological polar surface area (TPSA) is 84.4 Å². The minimum Gasteiger partial charge on any atom is -0.465 e. The SMILES string of the molecule is COC(=O)c1sccc1NC(=O)C1CN(c2cc(-c3ccccc3)ncn2)C1. The summed E-state index contributed by atoms with van der Waals surface area (Å²) in [5, 5.41) is 4.58. The number of rotatable bonds is 5. The monoisotopic (exact) mass is 394 g/mol. The Balaban J connectivity index is 1.39. The first kappa shape index (κ1) is 18.1. The molecule has 1 aliphatic heterocycles. The van der Waals surface area contributed by atoms with Crippen LogP contribution in [0.1, 0.15) is 9.67 Å². The number of hydrogen-bond acceptors (Lipinski definition) is 7. The van der Waals surface area contributed by atoms with E-state index in [1.165, 1.54) is 18.4 Å². The second-order valence-electron chi connectivity index (χ2n) is 6.37. The molecule has 0 unspecified atom stereocenters. The summed E-state index contributed by atoms with van der Waals surface area (Å²) in [5.74, 6) is 0.0660. The van der Waals surface area contributed by atoms with Crippen molar-refractivity contribution in [1.29, 1.82) is 0 Å². The van der Waals surface area contributed by atoms with Gasteiger partial charge >= 0.3 is 5.97 Å². The average molecular weight is 394 g/mol. The highest BCUT2D eigenvalue weighted by Gasteiger charge is 2.34. The van der Waals surface area contributed by atoms with E-state index in [-0.39, 0.29) is 11.8 Å². The van der Waals surface area contributed by atoms with Crippen LogP contribution in [0.3, 0.4) is 0 Å². The Hall–Kier alpha value is -3.26. The molecule has 1 N–H and O–H groups in total. The Morgan fingerprint density at radius 2 is 1.96 bits per heavy atom. The Morgan fingerprint density at radius 3 is 2.71 bits per heavy atom. The quantitative estimate of drug-likeness (QED) is 0.670. The standard InChI is InChI=1S/C20H18N4O3S/c1-27-20(26)18-15(7-8-28-18)23-19(25)14-10-24(11-14)17-9-16(21-12-22-17)13-5-3-2-4-6-13/h2-9,12,14H,10-11H2,1H3,(H,23,25). The average Bonchev–Trinajstić information content (AvgIpc) is 3.15. The van der Waals surface area contributed by atoms with Crippen LogP contribution < -0.4 is 10.2 Å². The first-order valence-corrected chi connectivity index (χ1v) is 9.62. The van der Waals surface area contributed by atoms with Crippen molar-refractivity contribution in [3.63, 3.8) is 0 Å². The van der Waals surface area contributed by atoms with Crippen LogP contribution in [-0.4, -0.2) is 42.0 Å². The second kappa shape index (κ2) is 7.77. The van der Waals surface area contributed by atoms with E-state index in [1.54, 1.807) is 17.8 Å². The van der Waals surface area contributed by atoms with Gasteiger partial charge in [0, 0.05) is 24.7 Å². The van der Waals surface area contributed by atoms with Crippen molar-refractivity contribution in [2.24, 2.45) is 5.92 Å². The summed E-state index contributed by atoms with van der Waals surface area (Å²) in [6, 6.07) is 13.5. The highest BCUT2D eigenvalue weighted by atomic mass is 32.1. The zero-order valence-electron chi connectivity index (χ0n) is 15.2. The van der Waals surface area contributed by atoms with Crippen molar-refractivity contribution in [2.75, 3.05) is 30.4 Å². The van der Waals surface area contributed by atoms with Crippen LogP contribution in [0, 0.1) is 5.92 Å². The number of aromatic nitrogens is 2. The molecule has 0 bridgehead atoms. The largest absolute Gasteiger partial charge is 0.465 e. The fourth-order valence-electron chi connectivity index (χ4n) is 3.01. The minimum absolute atomic E-state index is 0.114. The van der Waals surface area contributed by atoms with Gasteiger partial charge in [0.05, 0.1) is 24.4 Å². The normalized spacial score (nSPS) is 13.7. The molecule has 1 amide bonds. The number of anilines is 2. The number of hydrogen-bond donors (Lipinski definition) is 1. The lowest BCUT2D eigenvalue weighted by molar-refractivity contribution is -0.120. The highest BCUT2D eigenvalue weighted by Crippen LogP contribution is 2.28. The molecule has 4 rings (SSSR count). The molecule has 0 radical (unpaired) electrons. The molecular formula is C20H18N4O3S. The van der Waals surface area contributed by atoms with Crippen molar-refractivity contribution in [2.45, 2.75) is 0 Å². The molecule has 0 saturated carbocycles. The van der Waals surface area contributed by atoms with Gasteiger partial charge in [0.25, 0.3) is 0 Å². The van der Waals surface area contributed by atoms with E-state index in [9.17, 15) is 9.59 Å². The van der Waals surface area contributed by atoms with Crippen molar-refractivity contribution in [1.82, 2.24) is 9.97 Å². The summed E-state index contributed by atoms with van der Waals surface area (Å²) in [6.07, 6.45) is 1.54. The van der Waals surface area contributed by atoms with Gasteiger partial charge in [-0.25, -0.2) is 14.8 Å². The summed E-state index contributed by atoms with van der Waals surface area (Å²) in [5.41, 5.74) is 2.36. The van der Waals surface area contributed by atoms with E-state index in [0.29, 0.717) is 23.7 Å². The second-order valence-corrected chi connectivity index (χ2v) is 7.29. The Bertz CT molecular complexity index is 999. The number of esters is 1. The number of amides is 1. The van der Waals surface area contributed by atoms with Crippen LogP contribution in [-0.2, 0) is 9.53 Å². The van der Waals surface area contributed by atoms with Crippen molar-refractivity contribution in [3.8, 4) is 11.3 Å². The molecule has 0 atom stereocenters. The highest BCUT2D eigenvalue weighted by molar-refractivity contribution is 7.12. The van der Waals surface area contributed by atoms with E-state index in [2.05, 4.69) is 15.3 Å². The molecule has 28 heavy (non-hydrogen) atoms. The van der Waals surface area contributed by atoms with E-state index < -0.39 is 5.97 Å². The fourth-order valence-corrected chi connectivity index (χ4v) is 3.78. The van der Waals surface area contributed by atoms with Gasteiger partial charge < -0.3 is 15.0 Å². The van der Waals surface area contributed by atoms with E-state index in [1.807, 2.05) is 41.3 Å². The van der Waals surface area contributed by atoms with Gasteiger partial charge in [0.1, 0.15) is 17.0 Å². The maximum absolute atomic E-state index is 12.5. The molecule has 142 valence electrons. The van der Waals surface area contributed by atoms with Crippen molar-refractivity contribution in [3.05, 3.63) is 59.0 Å². The Kier molecular flexibility index (Phi) is 5.03. The van der Waals surface area contributed by atoms with Crippen LogP contribution in [0.4, 0.5) is 11.5 Å². The molecule has 0 spiro atoms. The third-order valence-corrected chi connectivity index (χ3v) is 5.49. The summed E-state index contributed by atoms with van der Waals surface area (Å²) >= 11 is 1.24. The molecule has 1 aromatic carbocycles. The van der Waals surface area contributed by atoms with Gasteiger partial charge in [-0.15, -0.1) is 11.3 Å². The van der Waals surface area contributed by atoms with Gasteiger partial charge in [-0.3, -0.25) is 4.79 Å². The number of nitrogens with one attached hydrogen (secondary N) is 1.